The predicted molar refractivity (Wildman–Crippen MR) is 52.2 cm³/mol. The van der Waals surface area contributed by atoms with Crippen LogP contribution < -0.4 is 0 Å². The molecule has 4 heteroatoms. The summed E-state index contributed by atoms with van der Waals surface area (Å²) in [6, 6.07) is 3.38. The molecule has 0 atom stereocenters. The lowest BCUT2D eigenvalue weighted by Gasteiger charge is -1.98. The summed E-state index contributed by atoms with van der Waals surface area (Å²) in [6.45, 7) is 1.45. The Morgan fingerprint density at radius 3 is 3.00 bits per heavy atom. The highest BCUT2D eigenvalue weighted by atomic mass is 32.1. The van der Waals surface area contributed by atoms with Crippen LogP contribution in [0.1, 0.15) is 12.5 Å². The quantitative estimate of drug-likeness (QED) is 0.446. The highest BCUT2D eigenvalue weighted by Crippen LogP contribution is 2.04. The topological polar surface area (TPSA) is 42.2 Å². The van der Waals surface area contributed by atoms with Crippen LogP contribution in [-0.2, 0) is 4.79 Å². The van der Waals surface area contributed by atoms with Gasteiger partial charge in [-0.15, -0.1) is 0 Å². The van der Waals surface area contributed by atoms with Crippen LogP contribution in [0.15, 0.2) is 24.4 Å². The maximum absolute atomic E-state index is 10.6. The summed E-state index contributed by atoms with van der Waals surface area (Å²) in [7, 11) is 0. The van der Waals surface area contributed by atoms with Crippen molar-refractivity contribution in [3.8, 4) is 0 Å². The molecule has 1 aromatic heterocycles. The number of rotatable bonds is 2. The molecule has 0 saturated carbocycles. The van der Waals surface area contributed by atoms with Crippen molar-refractivity contribution >= 4 is 24.1 Å². The number of carbonyl (C=O) groups excluding carboxylic acids is 1. The van der Waals surface area contributed by atoms with Crippen LogP contribution in [0.5, 0.6) is 0 Å². The average molecular weight is 195 g/mol. The van der Waals surface area contributed by atoms with Gasteiger partial charge in [0.05, 0.1) is 0 Å². The number of hydrogen-bond acceptors (Lipinski definition) is 3. The molecule has 0 bridgehead atoms. The summed E-state index contributed by atoms with van der Waals surface area (Å²) in [5.74, 6) is -0.0530. The van der Waals surface area contributed by atoms with Gasteiger partial charge < -0.3 is 5.21 Å². The number of pyridine rings is 1. The summed E-state index contributed by atoms with van der Waals surface area (Å²) in [4.78, 5) is 10.6. The Hall–Kier alpha value is -1.42. The highest BCUT2D eigenvalue weighted by molar-refractivity contribution is 7.71. The first kappa shape index (κ1) is 9.67. The van der Waals surface area contributed by atoms with Crippen molar-refractivity contribution in [2.45, 2.75) is 6.92 Å². The van der Waals surface area contributed by atoms with Crippen molar-refractivity contribution in [2.24, 2.45) is 0 Å². The zero-order chi connectivity index (χ0) is 9.84. The van der Waals surface area contributed by atoms with Crippen LogP contribution in [-0.4, -0.2) is 15.7 Å². The largest absolute Gasteiger partial charge is 0.428 e. The lowest BCUT2D eigenvalue weighted by atomic mass is 10.2. The molecule has 68 valence electrons. The summed E-state index contributed by atoms with van der Waals surface area (Å²) in [5, 5.41) is 9.16. The first-order valence-electron chi connectivity index (χ1n) is 3.71. The molecule has 0 amide bonds. The van der Waals surface area contributed by atoms with Gasteiger partial charge in [0.2, 0.25) is 0 Å². The monoisotopic (exact) mass is 195 g/mol. The van der Waals surface area contributed by atoms with Crippen LogP contribution in [0, 0.1) is 4.64 Å². The van der Waals surface area contributed by atoms with E-state index >= 15 is 0 Å². The lowest BCUT2D eigenvalue weighted by Crippen LogP contribution is -1.94. The van der Waals surface area contributed by atoms with Crippen LogP contribution in [0.25, 0.3) is 6.08 Å². The van der Waals surface area contributed by atoms with Gasteiger partial charge in [-0.05, 0) is 25.1 Å². The Morgan fingerprint density at radius 2 is 2.38 bits per heavy atom. The van der Waals surface area contributed by atoms with E-state index in [0.717, 1.165) is 4.73 Å². The van der Waals surface area contributed by atoms with E-state index in [-0.39, 0.29) is 5.78 Å². The van der Waals surface area contributed by atoms with E-state index in [4.69, 9.17) is 17.4 Å². The minimum absolute atomic E-state index is 0.0530. The highest BCUT2D eigenvalue weighted by Gasteiger charge is 1.93. The van der Waals surface area contributed by atoms with Crippen molar-refractivity contribution in [3.63, 3.8) is 0 Å². The summed E-state index contributed by atoms with van der Waals surface area (Å²) < 4.78 is 1.13. The van der Waals surface area contributed by atoms with E-state index in [1.165, 1.54) is 19.2 Å². The van der Waals surface area contributed by atoms with Crippen LogP contribution in [0.3, 0.4) is 0 Å². The Kier molecular flexibility index (Phi) is 2.97. The molecule has 0 radical (unpaired) electrons. The van der Waals surface area contributed by atoms with E-state index in [2.05, 4.69) is 0 Å². The van der Waals surface area contributed by atoms with Crippen LogP contribution >= 0.6 is 12.2 Å². The standard InChI is InChI=1S/C9H9NO2S/c1-7(11)4-5-8-3-2-6-10(12)9(8)13/h2-6,12H,1H3. The maximum atomic E-state index is 10.6. The molecule has 1 rings (SSSR count). The summed E-state index contributed by atoms with van der Waals surface area (Å²) in [6.07, 6.45) is 4.43. The fourth-order valence-corrected chi connectivity index (χ4v) is 1.03. The molecular formula is C9H9NO2S. The minimum atomic E-state index is -0.0530. The fourth-order valence-electron chi connectivity index (χ4n) is 0.833. The molecule has 0 unspecified atom stereocenters. The molecule has 0 fully saturated rings. The number of aromatic nitrogens is 1. The smallest absolute Gasteiger partial charge is 0.152 e. The van der Waals surface area contributed by atoms with E-state index in [9.17, 15) is 4.79 Å². The van der Waals surface area contributed by atoms with Gasteiger partial charge in [0.25, 0.3) is 0 Å². The molecule has 1 N–H and O–H groups in total. The summed E-state index contributed by atoms with van der Waals surface area (Å²) >= 11 is 4.90. The Labute approximate surface area is 80.9 Å². The Morgan fingerprint density at radius 1 is 1.69 bits per heavy atom. The number of nitrogens with zero attached hydrogens (tertiary/aromatic N) is 1. The third kappa shape index (κ3) is 2.52. The summed E-state index contributed by atoms with van der Waals surface area (Å²) in [5.41, 5.74) is 0.648. The predicted octanol–water partition coefficient (Wildman–Crippen LogP) is 2.06. The van der Waals surface area contributed by atoms with Gasteiger partial charge in [-0.25, -0.2) is 0 Å². The molecule has 1 heterocycles. The van der Waals surface area contributed by atoms with Crippen molar-refractivity contribution in [1.82, 2.24) is 4.73 Å². The number of allylic oxidation sites excluding steroid dienone is 1. The van der Waals surface area contributed by atoms with E-state index in [1.807, 2.05) is 0 Å². The van der Waals surface area contributed by atoms with E-state index in [1.54, 1.807) is 18.2 Å². The molecule has 1 aromatic rings. The van der Waals surface area contributed by atoms with Gasteiger partial charge in [0.1, 0.15) is 4.64 Å². The Balaban J connectivity index is 3.10. The second-order valence-corrected chi connectivity index (χ2v) is 2.94. The third-order valence-electron chi connectivity index (χ3n) is 1.46. The Bertz CT molecular complexity index is 406. The molecule has 0 aliphatic carbocycles. The maximum Gasteiger partial charge on any atom is 0.152 e. The second-order valence-electron chi connectivity index (χ2n) is 2.56. The van der Waals surface area contributed by atoms with Gasteiger partial charge in [-0.3, -0.25) is 4.79 Å². The van der Waals surface area contributed by atoms with E-state index < -0.39 is 0 Å². The van der Waals surface area contributed by atoms with Gasteiger partial charge >= 0.3 is 0 Å². The van der Waals surface area contributed by atoms with Gasteiger partial charge in [0.15, 0.2) is 5.78 Å². The molecule has 0 saturated heterocycles. The molecule has 13 heavy (non-hydrogen) atoms. The lowest BCUT2D eigenvalue weighted by molar-refractivity contribution is -0.112. The van der Waals surface area contributed by atoms with Gasteiger partial charge in [-0.2, -0.15) is 4.73 Å². The number of ketones is 1. The van der Waals surface area contributed by atoms with Gasteiger partial charge in [-0.1, -0.05) is 18.3 Å². The zero-order valence-electron chi connectivity index (χ0n) is 7.10. The van der Waals surface area contributed by atoms with Crippen molar-refractivity contribution in [1.29, 1.82) is 0 Å². The van der Waals surface area contributed by atoms with Crippen molar-refractivity contribution in [3.05, 3.63) is 34.6 Å². The van der Waals surface area contributed by atoms with Crippen LogP contribution in [0.2, 0.25) is 0 Å². The molecule has 0 aliphatic rings. The average Bonchev–Trinajstić information content (AvgIpc) is 2.07. The normalized spacial score (nSPS) is 10.5. The van der Waals surface area contributed by atoms with Crippen LogP contribution in [0.4, 0.5) is 0 Å². The number of hydrogen-bond donors (Lipinski definition) is 1. The fraction of sp³-hybridized carbons (Fsp3) is 0.111. The second kappa shape index (κ2) is 4.00. The van der Waals surface area contributed by atoms with E-state index in [0.29, 0.717) is 10.2 Å². The molecule has 0 spiro atoms. The zero-order valence-corrected chi connectivity index (χ0v) is 7.91. The number of carbonyl (C=O) groups is 1. The van der Waals surface area contributed by atoms with Gasteiger partial charge in [0, 0.05) is 11.8 Å². The first-order valence-corrected chi connectivity index (χ1v) is 4.11. The van der Waals surface area contributed by atoms with Crippen molar-refractivity contribution < 1.29 is 10.0 Å². The third-order valence-corrected chi connectivity index (χ3v) is 1.88. The molecular weight excluding hydrogens is 186 g/mol. The minimum Gasteiger partial charge on any atom is -0.428 e. The van der Waals surface area contributed by atoms with Crippen molar-refractivity contribution in [2.75, 3.05) is 0 Å². The molecule has 0 aliphatic heterocycles. The molecule has 3 nitrogen and oxygen atoms in total. The molecule has 0 aromatic carbocycles. The first-order chi connectivity index (χ1) is 6.11. The SMILES string of the molecule is CC(=O)C=Cc1cccn(O)c1=S.